The van der Waals surface area contributed by atoms with Crippen molar-refractivity contribution < 1.29 is 93.6 Å². The Bertz CT molecular complexity index is 1000. The number of carbonyl (C=O) groups is 1. The summed E-state index contributed by atoms with van der Waals surface area (Å²) in [5.41, 5.74) is -1.03. The predicted octanol–water partition coefficient (Wildman–Crippen LogP) is 6.51. The number of methoxy groups -OCH3 is 1. The summed E-state index contributed by atoms with van der Waals surface area (Å²) < 4.78 is 231. The van der Waals surface area contributed by atoms with E-state index in [1.165, 1.54) is 4.74 Å². The average Bonchev–Trinajstić information content (AvgIpc) is 2.70. The molecule has 1 rings (SSSR count). The quantitative estimate of drug-likeness (QED) is 0.329. The van der Waals surface area contributed by atoms with Gasteiger partial charge in [-0.2, -0.15) is 74.6 Å². The number of halogens is 17. The van der Waals surface area contributed by atoms with Gasteiger partial charge in [-0.3, -0.25) is 14.3 Å². The molecule has 5 nitrogen and oxygen atoms in total. The fraction of sp³-hybridized carbons (Fsp3) is 0.562. The molecule has 1 amide bonds. The summed E-state index contributed by atoms with van der Waals surface area (Å²) >= 11 is 0. The lowest BCUT2D eigenvalue weighted by atomic mass is 10.2. The van der Waals surface area contributed by atoms with Gasteiger partial charge in [0.15, 0.2) is 0 Å². The zero-order valence-electron chi connectivity index (χ0n) is 17.4. The van der Waals surface area contributed by atoms with Crippen LogP contribution in [0.1, 0.15) is 0 Å². The van der Waals surface area contributed by atoms with Gasteiger partial charge in [-0.1, -0.05) is 12.1 Å². The number of anilines is 1. The van der Waals surface area contributed by atoms with Crippen molar-refractivity contribution in [2.45, 2.75) is 48.4 Å². The van der Waals surface area contributed by atoms with Crippen LogP contribution in [0, 0.1) is 0 Å². The van der Waals surface area contributed by atoms with Crippen molar-refractivity contribution in [3.8, 4) is 5.75 Å². The minimum Gasteiger partial charge on any atom is -0.495 e. The molecular weight excluding hydrogens is 593 g/mol. The van der Waals surface area contributed by atoms with Gasteiger partial charge in [-0.25, -0.2) is 0 Å². The molecule has 0 fully saturated rings. The van der Waals surface area contributed by atoms with E-state index in [1.807, 2.05) is 4.74 Å². The first kappa shape index (κ1) is 33.2. The van der Waals surface area contributed by atoms with E-state index >= 15 is 0 Å². The number of nitrogens with one attached hydrogen (secondary N) is 1. The highest BCUT2D eigenvalue weighted by molar-refractivity contribution is 5.98. The van der Waals surface area contributed by atoms with Crippen molar-refractivity contribution in [1.29, 1.82) is 0 Å². The molecule has 22 heteroatoms. The Balaban J connectivity index is 3.66. The molecule has 0 bridgehead atoms. The Morgan fingerprint density at radius 2 is 1.13 bits per heavy atom. The van der Waals surface area contributed by atoms with Crippen molar-refractivity contribution in [2.75, 3.05) is 12.4 Å². The Morgan fingerprint density at radius 1 is 0.658 bits per heavy atom. The van der Waals surface area contributed by atoms with E-state index in [2.05, 4.69) is 4.74 Å². The van der Waals surface area contributed by atoms with Crippen LogP contribution in [0.5, 0.6) is 5.75 Å². The van der Waals surface area contributed by atoms with Gasteiger partial charge in [0, 0.05) is 0 Å². The number of ether oxygens (including phenoxy) is 3. The summed E-state index contributed by atoms with van der Waals surface area (Å²) in [6.45, 7) is 0. The molecule has 0 aliphatic rings. The number of benzene rings is 1. The van der Waals surface area contributed by atoms with Crippen LogP contribution in [-0.4, -0.2) is 61.4 Å². The SMILES string of the molecule is COc1ccccc1NC(=O)[C@](F)(OC(F)(F)[C@](F)(OC(F)(F)C(F)(F)C(F)(F)F)C(F)(F)F)C(F)(F)F. The fourth-order valence-electron chi connectivity index (χ4n) is 2.11. The lowest BCUT2D eigenvalue weighted by Crippen LogP contribution is -2.68. The van der Waals surface area contributed by atoms with Crippen molar-refractivity contribution in [2.24, 2.45) is 0 Å². The van der Waals surface area contributed by atoms with Crippen LogP contribution in [0.25, 0.3) is 0 Å². The van der Waals surface area contributed by atoms with Gasteiger partial charge in [-0.15, -0.1) is 0 Å². The molecule has 220 valence electrons. The Labute approximate surface area is 197 Å². The molecule has 0 saturated heterocycles. The molecular formula is C16H8F17NO4. The first-order valence-corrected chi connectivity index (χ1v) is 8.67. The average molecular weight is 601 g/mol. The number of rotatable bonds is 9. The van der Waals surface area contributed by atoms with Crippen LogP contribution in [0.3, 0.4) is 0 Å². The summed E-state index contributed by atoms with van der Waals surface area (Å²) in [5.74, 6) is -27.0. The topological polar surface area (TPSA) is 56.8 Å². The Hall–Kier alpha value is -2.78. The van der Waals surface area contributed by atoms with Crippen molar-refractivity contribution in [1.82, 2.24) is 0 Å². The summed E-state index contributed by atoms with van der Waals surface area (Å²) in [5, 5.41) is 0.835. The van der Waals surface area contributed by atoms with Crippen LogP contribution in [0.2, 0.25) is 0 Å². The van der Waals surface area contributed by atoms with E-state index in [4.69, 9.17) is 0 Å². The second kappa shape index (κ2) is 9.75. The lowest BCUT2D eigenvalue weighted by molar-refractivity contribution is -0.548. The molecule has 0 aromatic heterocycles. The third-order valence-electron chi connectivity index (χ3n) is 4.01. The number of alkyl halides is 17. The van der Waals surface area contributed by atoms with Gasteiger partial charge in [0.25, 0.3) is 5.91 Å². The summed E-state index contributed by atoms with van der Waals surface area (Å²) in [6.07, 6.45) is -38.7. The number of para-hydroxylation sites is 2. The first-order valence-electron chi connectivity index (χ1n) is 8.67. The third kappa shape index (κ3) is 5.78. The minimum absolute atomic E-state index is 0.573. The fourth-order valence-corrected chi connectivity index (χ4v) is 2.11. The van der Waals surface area contributed by atoms with Gasteiger partial charge < -0.3 is 10.1 Å². The zero-order chi connectivity index (χ0) is 30.4. The molecule has 0 heterocycles. The van der Waals surface area contributed by atoms with Gasteiger partial charge >= 0.3 is 48.4 Å². The maximum Gasteiger partial charge on any atom is 0.462 e. The predicted molar refractivity (Wildman–Crippen MR) is 84.5 cm³/mol. The number of amides is 1. The van der Waals surface area contributed by atoms with Crippen LogP contribution < -0.4 is 10.1 Å². The zero-order valence-corrected chi connectivity index (χ0v) is 17.4. The number of carbonyl (C=O) groups excluding carboxylic acids is 1. The van der Waals surface area contributed by atoms with Crippen molar-refractivity contribution in [3.05, 3.63) is 24.3 Å². The molecule has 1 N–H and O–H groups in total. The normalized spacial score (nSPS) is 17.4. The van der Waals surface area contributed by atoms with Gasteiger partial charge in [0.05, 0.1) is 12.8 Å². The molecule has 0 saturated carbocycles. The smallest absolute Gasteiger partial charge is 0.462 e. The number of hydrogen-bond donors (Lipinski definition) is 1. The van der Waals surface area contributed by atoms with Crippen LogP contribution in [0.4, 0.5) is 80.3 Å². The summed E-state index contributed by atoms with van der Waals surface area (Å²) in [6, 6.07) is 3.32. The van der Waals surface area contributed by atoms with Gasteiger partial charge in [0.1, 0.15) is 5.75 Å². The molecule has 0 aliphatic carbocycles. The van der Waals surface area contributed by atoms with E-state index in [9.17, 15) is 79.4 Å². The van der Waals surface area contributed by atoms with Crippen LogP contribution in [0.15, 0.2) is 24.3 Å². The molecule has 2 atom stereocenters. The van der Waals surface area contributed by atoms with E-state index in [0.29, 0.717) is 6.07 Å². The van der Waals surface area contributed by atoms with Gasteiger partial charge in [-0.05, 0) is 12.1 Å². The minimum atomic E-state index is -8.08. The molecule has 0 aliphatic heterocycles. The Morgan fingerprint density at radius 3 is 1.53 bits per heavy atom. The molecule has 38 heavy (non-hydrogen) atoms. The van der Waals surface area contributed by atoms with E-state index < -0.39 is 65.7 Å². The van der Waals surface area contributed by atoms with E-state index in [1.54, 1.807) is 0 Å². The maximum absolute atomic E-state index is 14.5. The monoisotopic (exact) mass is 601 g/mol. The first-order chi connectivity index (χ1) is 16.6. The third-order valence-corrected chi connectivity index (χ3v) is 4.01. The van der Waals surface area contributed by atoms with Crippen LogP contribution in [-0.2, 0) is 14.3 Å². The highest BCUT2D eigenvalue weighted by atomic mass is 19.4. The summed E-state index contributed by atoms with van der Waals surface area (Å²) in [7, 11) is 0.775. The highest BCUT2D eigenvalue weighted by Crippen LogP contribution is 2.56. The second-order valence-electron chi connectivity index (χ2n) is 6.65. The molecule has 1 aromatic carbocycles. The van der Waals surface area contributed by atoms with E-state index in [-0.39, 0.29) is 0 Å². The molecule has 1 aromatic rings. The lowest BCUT2D eigenvalue weighted by Gasteiger charge is -2.40. The molecule has 0 spiro atoms. The summed E-state index contributed by atoms with van der Waals surface area (Å²) in [4.78, 5) is 11.8. The van der Waals surface area contributed by atoms with Crippen molar-refractivity contribution in [3.63, 3.8) is 0 Å². The standard InChI is InChI=1S/C16H8F17NO4/c1-36-7-5-3-2-4-6(7)34-8(35)9(17,12(21,22)23)37-16(32,33)11(20,14(27,28)29)38-15(30,31)10(18,19)13(24,25)26/h2-5H,1H3,(H,34,35)/t9-,11+/m0/s1. The number of hydrogen-bond acceptors (Lipinski definition) is 4. The maximum atomic E-state index is 14.5. The van der Waals surface area contributed by atoms with Crippen LogP contribution >= 0.6 is 0 Å². The largest absolute Gasteiger partial charge is 0.495 e. The molecule has 0 unspecified atom stereocenters. The van der Waals surface area contributed by atoms with Gasteiger partial charge in [0.2, 0.25) is 0 Å². The second-order valence-corrected chi connectivity index (χ2v) is 6.65. The Kier molecular flexibility index (Phi) is 8.54. The van der Waals surface area contributed by atoms with E-state index in [0.717, 1.165) is 30.6 Å². The highest BCUT2D eigenvalue weighted by Gasteiger charge is 2.85. The molecule has 0 radical (unpaired) electrons. The van der Waals surface area contributed by atoms with Crippen molar-refractivity contribution >= 4 is 11.6 Å².